The van der Waals surface area contributed by atoms with Crippen LogP contribution in [-0.4, -0.2) is 54.7 Å². The fourth-order valence-electron chi connectivity index (χ4n) is 4.70. The van der Waals surface area contributed by atoms with E-state index in [1.54, 1.807) is 18.5 Å². The summed E-state index contributed by atoms with van der Waals surface area (Å²) in [5, 5.41) is 26.5. The van der Waals surface area contributed by atoms with Crippen LogP contribution in [0.1, 0.15) is 19.3 Å². The molecule has 2 fully saturated rings. The standard InChI is InChI=1S/C21H19F2N7O/c22-21(23)7-12-5-13(6-18(21)27-12)31-19-4-3-17(28-29-19)15-2-1-14(11-8-24-25-9-11)16-10-26-30-20(15)16/h1-4,8-10,12-13,18,27H,5-7H2,(H,24,25)(H,26,30)/t12-,13+,18+/m0/s1. The molecule has 0 amide bonds. The summed E-state index contributed by atoms with van der Waals surface area (Å²) in [6.07, 6.45) is 5.74. The molecule has 10 heteroatoms. The highest BCUT2D eigenvalue weighted by atomic mass is 19.3. The molecule has 3 atom stereocenters. The predicted octanol–water partition coefficient (Wildman–Crippen LogP) is 3.32. The number of halogens is 2. The Morgan fingerprint density at radius 1 is 1.00 bits per heavy atom. The third kappa shape index (κ3) is 3.14. The Kier molecular flexibility index (Phi) is 4.04. The van der Waals surface area contributed by atoms with Crippen molar-refractivity contribution in [3.8, 4) is 28.3 Å². The molecule has 5 heterocycles. The number of rotatable bonds is 4. The van der Waals surface area contributed by atoms with E-state index in [2.05, 4.69) is 35.9 Å². The Hall–Kier alpha value is -3.40. The molecular formula is C21H19F2N7O. The molecule has 3 N–H and O–H groups in total. The van der Waals surface area contributed by atoms with Crippen LogP contribution < -0.4 is 10.1 Å². The number of nitrogens with one attached hydrogen (secondary N) is 3. The lowest BCUT2D eigenvalue weighted by Crippen LogP contribution is -2.46. The minimum Gasteiger partial charge on any atom is -0.473 e. The van der Waals surface area contributed by atoms with Crippen molar-refractivity contribution in [1.82, 2.24) is 35.9 Å². The van der Waals surface area contributed by atoms with Crippen LogP contribution >= 0.6 is 0 Å². The zero-order valence-electron chi connectivity index (χ0n) is 16.3. The first kappa shape index (κ1) is 18.4. The van der Waals surface area contributed by atoms with Gasteiger partial charge in [0.05, 0.1) is 29.6 Å². The molecule has 3 aromatic heterocycles. The average molecular weight is 423 g/mol. The molecule has 2 aliphatic heterocycles. The molecule has 0 unspecified atom stereocenters. The number of piperidine rings is 1. The summed E-state index contributed by atoms with van der Waals surface area (Å²) < 4.78 is 33.7. The summed E-state index contributed by atoms with van der Waals surface area (Å²) in [4.78, 5) is 0. The summed E-state index contributed by atoms with van der Waals surface area (Å²) in [5.74, 6) is -2.33. The van der Waals surface area contributed by atoms with Crippen LogP contribution in [0.3, 0.4) is 0 Å². The second-order valence-corrected chi connectivity index (χ2v) is 8.16. The van der Waals surface area contributed by atoms with E-state index in [1.165, 1.54) is 0 Å². The summed E-state index contributed by atoms with van der Waals surface area (Å²) in [6, 6.07) is 6.46. The third-order valence-electron chi connectivity index (χ3n) is 6.14. The molecule has 158 valence electrons. The predicted molar refractivity (Wildman–Crippen MR) is 109 cm³/mol. The van der Waals surface area contributed by atoms with Gasteiger partial charge in [0.1, 0.15) is 6.10 Å². The van der Waals surface area contributed by atoms with Gasteiger partial charge in [0.15, 0.2) is 0 Å². The summed E-state index contributed by atoms with van der Waals surface area (Å²) >= 11 is 0. The topological polar surface area (TPSA) is 104 Å². The van der Waals surface area contributed by atoms with Gasteiger partial charge in [-0.05, 0) is 24.1 Å². The summed E-state index contributed by atoms with van der Waals surface area (Å²) in [7, 11) is 0. The second-order valence-electron chi connectivity index (χ2n) is 8.16. The smallest absolute Gasteiger partial charge is 0.264 e. The largest absolute Gasteiger partial charge is 0.473 e. The molecule has 0 aliphatic carbocycles. The molecule has 2 aliphatic rings. The Bertz CT molecular complexity index is 1220. The van der Waals surface area contributed by atoms with Crippen LogP contribution in [0.4, 0.5) is 8.78 Å². The number of aromatic nitrogens is 6. The fourth-order valence-corrected chi connectivity index (χ4v) is 4.70. The van der Waals surface area contributed by atoms with Crippen LogP contribution in [0.25, 0.3) is 33.3 Å². The normalized spacial score (nSPS) is 24.5. The Morgan fingerprint density at radius 2 is 1.90 bits per heavy atom. The van der Waals surface area contributed by atoms with Crippen LogP contribution in [0.15, 0.2) is 42.9 Å². The van der Waals surface area contributed by atoms with E-state index >= 15 is 0 Å². The maximum absolute atomic E-state index is 13.9. The number of ether oxygens (including phenoxy) is 1. The highest BCUT2D eigenvalue weighted by Crippen LogP contribution is 2.40. The number of H-pyrrole nitrogens is 2. The quantitative estimate of drug-likeness (QED) is 0.465. The number of hydrogen-bond acceptors (Lipinski definition) is 6. The first-order chi connectivity index (χ1) is 15.1. The van der Waals surface area contributed by atoms with Gasteiger partial charge in [-0.1, -0.05) is 6.07 Å². The number of fused-ring (bicyclic) bond motifs is 3. The van der Waals surface area contributed by atoms with Crippen molar-refractivity contribution in [1.29, 1.82) is 0 Å². The Morgan fingerprint density at radius 3 is 2.68 bits per heavy atom. The number of benzene rings is 1. The SMILES string of the molecule is FC1(F)C[C@@H]2C[C@@H](Oc3ccc(-c4ccc(-c5cn[nH]c5)c5cn[nH]c45)nn3)C[C@H]1N2. The van der Waals surface area contributed by atoms with E-state index in [1.807, 2.05) is 24.4 Å². The zero-order valence-corrected chi connectivity index (χ0v) is 16.3. The fraction of sp³-hybridized carbons (Fsp3) is 0.333. The van der Waals surface area contributed by atoms with Crippen molar-refractivity contribution in [3.05, 3.63) is 42.9 Å². The maximum Gasteiger partial charge on any atom is 0.264 e. The van der Waals surface area contributed by atoms with Gasteiger partial charge in [-0.25, -0.2) is 8.78 Å². The monoisotopic (exact) mass is 423 g/mol. The van der Waals surface area contributed by atoms with Gasteiger partial charge < -0.3 is 10.1 Å². The van der Waals surface area contributed by atoms with E-state index in [-0.39, 0.29) is 25.0 Å². The summed E-state index contributed by atoms with van der Waals surface area (Å²) in [6.45, 7) is 0. The highest BCUT2D eigenvalue weighted by Gasteiger charge is 2.53. The summed E-state index contributed by atoms with van der Waals surface area (Å²) in [5.41, 5.74) is 4.34. The minimum atomic E-state index is -2.67. The third-order valence-corrected chi connectivity index (χ3v) is 6.14. The Balaban J connectivity index is 1.24. The molecule has 0 spiro atoms. The van der Waals surface area contributed by atoms with Gasteiger partial charge in [0, 0.05) is 47.7 Å². The number of aromatic amines is 2. The van der Waals surface area contributed by atoms with E-state index in [9.17, 15) is 8.78 Å². The maximum atomic E-state index is 13.9. The molecule has 8 nitrogen and oxygen atoms in total. The van der Waals surface area contributed by atoms with Crippen molar-refractivity contribution in [2.45, 2.75) is 43.4 Å². The van der Waals surface area contributed by atoms with Crippen molar-refractivity contribution in [2.75, 3.05) is 0 Å². The zero-order chi connectivity index (χ0) is 21.0. The average Bonchev–Trinajstić information content (AvgIpc) is 3.49. The highest BCUT2D eigenvalue weighted by molar-refractivity contribution is 6.01. The van der Waals surface area contributed by atoms with Gasteiger partial charge >= 0.3 is 0 Å². The number of hydrogen-bond donors (Lipinski definition) is 3. The molecule has 0 radical (unpaired) electrons. The minimum absolute atomic E-state index is 0.128. The number of alkyl halides is 2. The second kappa shape index (κ2) is 6.81. The molecule has 6 rings (SSSR count). The van der Waals surface area contributed by atoms with E-state index in [0.717, 1.165) is 27.6 Å². The van der Waals surface area contributed by atoms with Gasteiger partial charge in [-0.2, -0.15) is 10.2 Å². The lowest BCUT2D eigenvalue weighted by molar-refractivity contribution is -0.0195. The van der Waals surface area contributed by atoms with E-state index in [0.29, 0.717) is 18.0 Å². The van der Waals surface area contributed by atoms with Crippen molar-refractivity contribution >= 4 is 10.9 Å². The van der Waals surface area contributed by atoms with Gasteiger partial charge in [0.25, 0.3) is 5.92 Å². The molecule has 1 aromatic carbocycles. The van der Waals surface area contributed by atoms with Gasteiger partial charge in [0.2, 0.25) is 5.88 Å². The van der Waals surface area contributed by atoms with E-state index < -0.39 is 12.0 Å². The van der Waals surface area contributed by atoms with Crippen LogP contribution in [0.5, 0.6) is 5.88 Å². The van der Waals surface area contributed by atoms with Gasteiger partial charge in [-0.15, -0.1) is 10.2 Å². The van der Waals surface area contributed by atoms with Crippen molar-refractivity contribution in [2.24, 2.45) is 0 Å². The lowest BCUT2D eigenvalue weighted by Gasteiger charge is -2.29. The Labute approximate surface area is 175 Å². The van der Waals surface area contributed by atoms with E-state index in [4.69, 9.17) is 4.74 Å². The molecular weight excluding hydrogens is 404 g/mol. The molecule has 4 aromatic rings. The molecule has 0 saturated carbocycles. The van der Waals surface area contributed by atoms with Crippen LogP contribution in [0.2, 0.25) is 0 Å². The molecule has 2 bridgehead atoms. The first-order valence-electron chi connectivity index (χ1n) is 10.2. The lowest BCUT2D eigenvalue weighted by atomic mass is 10.0. The van der Waals surface area contributed by atoms with Crippen LogP contribution in [0, 0.1) is 0 Å². The van der Waals surface area contributed by atoms with Crippen molar-refractivity contribution in [3.63, 3.8) is 0 Å². The molecule has 2 saturated heterocycles. The number of nitrogens with zero attached hydrogens (tertiary/aromatic N) is 4. The molecule has 31 heavy (non-hydrogen) atoms. The first-order valence-corrected chi connectivity index (χ1v) is 10.2. The van der Waals surface area contributed by atoms with Crippen LogP contribution in [-0.2, 0) is 0 Å². The van der Waals surface area contributed by atoms with Crippen molar-refractivity contribution < 1.29 is 13.5 Å². The van der Waals surface area contributed by atoms with Gasteiger partial charge in [-0.3, -0.25) is 10.2 Å².